The smallest absolute Gasteiger partial charge is 0.142 e. The van der Waals surface area contributed by atoms with Crippen LogP contribution in [0.5, 0.6) is 0 Å². The van der Waals surface area contributed by atoms with E-state index in [1.54, 1.807) is 6.07 Å². The molecule has 0 bridgehead atoms. The fraction of sp³-hybridized carbons (Fsp3) is 0.316. The molecule has 0 unspecified atom stereocenters. The lowest BCUT2D eigenvalue weighted by atomic mass is 9.92. The zero-order valence-corrected chi connectivity index (χ0v) is 15.6. The molecule has 2 N–H and O–H groups in total. The Morgan fingerprint density at radius 1 is 1.23 bits per heavy atom. The zero-order chi connectivity index (χ0) is 17.2. The predicted octanol–water partition coefficient (Wildman–Crippen LogP) is 4.30. The molecule has 7 heteroatoms. The van der Waals surface area contributed by atoms with Crippen LogP contribution >= 0.6 is 24.0 Å². The second-order valence-corrected chi connectivity index (χ2v) is 6.74. The molecular formula is C19H20Cl2FN3O. The van der Waals surface area contributed by atoms with E-state index in [1.807, 2.05) is 30.3 Å². The van der Waals surface area contributed by atoms with Crippen molar-refractivity contribution in [3.05, 3.63) is 64.7 Å². The molecular weight excluding hydrogens is 376 g/mol. The third-order valence-corrected chi connectivity index (χ3v) is 4.88. The highest BCUT2D eigenvalue weighted by Crippen LogP contribution is 2.31. The van der Waals surface area contributed by atoms with Gasteiger partial charge in [-0.25, -0.2) is 9.37 Å². The van der Waals surface area contributed by atoms with Crippen LogP contribution in [-0.2, 0) is 11.2 Å². The number of halogens is 3. The van der Waals surface area contributed by atoms with Crippen LogP contribution in [0.15, 0.2) is 42.5 Å². The topological polar surface area (TPSA) is 49.9 Å². The summed E-state index contributed by atoms with van der Waals surface area (Å²) in [4.78, 5) is 8.03. The van der Waals surface area contributed by atoms with Crippen molar-refractivity contribution in [1.29, 1.82) is 0 Å². The van der Waals surface area contributed by atoms with E-state index in [9.17, 15) is 4.39 Å². The molecule has 3 aromatic rings. The van der Waals surface area contributed by atoms with Gasteiger partial charge in [0.25, 0.3) is 0 Å². The van der Waals surface area contributed by atoms with Gasteiger partial charge in [0.15, 0.2) is 0 Å². The molecule has 0 amide bonds. The number of fused-ring (bicyclic) bond motifs is 1. The maximum atomic E-state index is 13.9. The zero-order valence-electron chi connectivity index (χ0n) is 14.0. The highest BCUT2D eigenvalue weighted by molar-refractivity contribution is 6.30. The van der Waals surface area contributed by atoms with E-state index in [1.165, 1.54) is 6.07 Å². The summed E-state index contributed by atoms with van der Waals surface area (Å²) in [6, 6.07) is 12.9. The first-order valence-electron chi connectivity index (χ1n) is 8.41. The summed E-state index contributed by atoms with van der Waals surface area (Å²) in [5.74, 6) is 0.643. The van der Waals surface area contributed by atoms with Crippen molar-refractivity contribution >= 4 is 35.0 Å². The second-order valence-electron chi connectivity index (χ2n) is 6.33. The number of aromatic amines is 1. The molecule has 0 saturated carbocycles. The van der Waals surface area contributed by atoms with Gasteiger partial charge < -0.3 is 15.0 Å². The third-order valence-electron chi connectivity index (χ3n) is 4.58. The van der Waals surface area contributed by atoms with Gasteiger partial charge in [-0.05, 0) is 29.8 Å². The van der Waals surface area contributed by atoms with Crippen LogP contribution < -0.4 is 5.32 Å². The van der Waals surface area contributed by atoms with Crippen molar-refractivity contribution in [2.45, 2.75) is 12.5 Å². The van der Waals surface area contributed by atoms with Crippen LogP contribution in [0.4, 0.5) is 4.39 Å². The molecule has 1 saturated heterocycles. The molecule has 4 nitrogen and oxygen atoms in total. The lowest BCUT2D eigenvalue weighted by Crippen LogP contribution is -2.26. The Morgan fingerprint density at radius 2 is 2.08 bits per heavy atom. The summed E-state index contributed by atoms with van der Waals surface area (Å²) in [5.41, 5.74) is 2.79. The van der Waals surface area contributed by atoms with Gasteiger partial charge in [-0.1, -0.05) is 29.8 Å². The molecule has 2 atom stereocenters. The number of benzene rings is 2. The summed E-state index contributed by atoms with van der Waals surface area (Å²) in [7, 11) is 0. The van der Waals surface area contributed by atoms with Crippen molar-refractivity contribution in [3.63, 3.8) is 0 Å². The number of aromatic nitrogens is 2. The average Bonchev–Trinajstić information content (AvgIpc) is 2.88. The first-order chi connectivity index (χ1) is 12.2. The molecule has 1 aliphatic heterocycles. The van der Waals surface area contributed by atoms with E-state index in [2.05, 4.69) is 15.3 Å². The Balaban J connectivity index is 0.00000196. The van der Waals surface area contributed by atoms with Gasteiger partial charge in [0.05, 0.1) is 28.8 Å². The van der Waals surface area contributed by atoms with Crippen molar-refractivity contribution < 1.29 is 9.13 Å². The number of nitrogens with zero attached hydrogens (tertiary/aromatic N) is 1. The Kier molecular flexibility index (Phi) is 6.14. The van der Waals surface area contributed by atoms with Gasteiger partial charge in [-0.2, -0.15) is 0 Å². The molecule has 2 heterocycles. The molecule has 2 aromatic carbocycles. The van der Waals surface area contributed by atoms with Gasteiger partial charge in [0.2, 0.25) is 0 Å². The Morgan fingerprint density at radius 3 is 2.88 bits per heavy atom. The SMILES string of the molecule is Cl.Fc1cc([C@@H]2OCCNC[C@H]2Cc2nc3ccccc3[nH]2)ccc1Cl. The van der Waals surface area contributed by atoms with Crippen LogP contribution in [-0.4, -0.2) is 29.7 Å². The molecule has 0 aliphatic carbocycles. The number of imidazole rings is 1. The molecule has 0 radical (unpaired) electrons. The van der Waals surface area contributed by atoms with E-state index < -0.39 is 5.82 Å². The monoisotopic (exact) mass is 395 g/mol. The quantitative estimate of drug-likeness (QED) is 0.694. The maximum Gasteiger partial charge on any atom is 0.142 e. The lowest BCUT2D eigenvalue weighted by Gasteiger charge is -2.24. The van der Waals surface area contributed by atoms with Crippen LogP contribution in [0.1, 0.15) is 17.5 Å². The van der Waals surface area contributed by atoms with Gasteiger partial charge >= 0.3 is 0 Å². The molecule has 26 heavy (non-hydrogen) atoms. The number of hydrogen-bond donors (Lipinski definition) is 2. The molecule has 1 fully saturated rings. The average molecular weight is 396 g/mol. The normalized spacial score (nSPS) is 20.5. The minimum Gasteiger partial charge on any atom is -0.372 e. The van der Waals surface area contributed by atoms with Crippen LogP contribution in [0, 0.1) is 11.7 Å². The van der Waals surface area contributed by atoms with Crippen molar-refractivity contribution in [2.24, 2.45) is 5.92 Å². The van der Waals surface area contributed by atoms with Gasteiger partial charge in [-0.15, -0.1) is 12.4 Å². The van der Waals surface area contributed by atoms with Crippen molar-refractivity contribution in [3.8, 4) is 0 Å². The van der Waals surface area contributed by atoms with E-state index in [0.29, 0.717) is 6.61 Å². The largest absolute Gasteiger partial charge is 0.372 e. The lowest BCUT2D eigenvalue weighted by molar-refractivity contribution is 0.0300. The highest BCUT2D eigenvalue weighted by Gasteiger charge is 2.28. The molecule has 1 aliphatic rings. The summed E-state index contributed by atoms with van der Waals surface area (Å²) in [5, 5.41) is 3.52. The second kappa shape index (κ2) is 8.35. The van der Waals surface area contributed by atoms with Crippen LogP contribution in [0.2, 0.25) is 5.02 Å². The molecule has 0 spiro atoms. The molecule has 4 rings (SSSR count). The molecule has 1 aromatic heterocycles. The van der Waals surface area contributed by atoms with Gasteiger partial charge in [0, 0.05) is 25.4 Å². The molecule has 138 valence electrons. The van der Waals surface area contributed by atoms with Crippen LogP contribution in [0.25, 0.3) is 11.0 Å². The summed E-state index contributed by atoms with van der Waals surface area (Å²) >= 11 is 5.82. The maximum absolute atomic E-state index is 13.9. The minimum atomic E-state index is -0.414. The van der Waals surface area contributed by atoms with Crippen molar-refractivity contribution in [1.82, 2.24) is 15.3 Å². The fourth-order valence-electron chi connectivity index (χ4n) is 3.38. The fourth-order valence-corrected chi connectivity index (χ4v) is 3.49. The first kappa shape index (κ1) is 19.1. The predicted molar refractivity (Wildman–Crippen MR) is 104 cm³/mol. The first-order valence-corrected chi connectivity index (χ1v) is 8.79. The summed E-state index contributed by atoms with van der Waals surface area (Å²) in [6.45, 7) is 2.15. The van der Waals surface area contributed by atoms with E-state index >= 15 is 0 Å². The third kappa shape index (κ3) is 4.01. The van der Waals surface area contributed by atoms with E-state index in [4.69, 9.17) is 16.3 Å². The van der Waals surface area contributed by atoms with E-state index in [0.717, 1.165) is 41.9 Å². The minimum absolute atomic E-state index is 0. The van der Waals surface area contributed by atoms with E-state index in [-0.39, 0.29) is 29.5 Å². The highest BCUT2D eigenvalue weighted by atomic mass is 35.5. The number of ether oxygens (including phenoxy) is 1. The van der Waals surface area contributed by atoms with Crippen LogP contribution in [0.3, 0.4) is 0 Å². The number of hydrogen-bond acceptors (Lipinski definition) is 3. The van der Waals surface area contributed by atoms with Gasteiger partial charge in [-0.3, -0.25) is 0 Å². The Hall–Kier alpha value is -1.66. The Bertz CT molecular complexity index is 853. The number of H-pyrrole nitrogens is 1. The number of para-hydroxylation sites is 2. The van der Waals surface area contributed by atoms with Gasteiger partial charge in [0.1, 0.15) is 11.6 Å². The number of rotatable bonds is 3. The van der Waals surface area contributed by atoms with Crippen molar-refractivity contribution in [2.75, 3.05) is 19.7 Å². The summed E-state index contributed by atoms with van der Waals surface area (Å²) in [6.07, 6.45) is 0.520. The summed E-state index contributed by atoms with van der Waals surface area (Å²) < 4.78 is 19.9. The standard InChI is InChI=1S/C19H19ClFN3O.ClH/c20-14-6-5-12(9-15(14)21)19-13(11-22-7-8-25-19)10-18-23-16-3-1-2-4-17(16)24-18;/h1-6,9,13,19,22H,7-8,10-11H2,(H,23,24);1H/t13-,19+;/m1./s1. The Labute approximate surface area is 162 Å². The number of nitrogens with one attached hydrogen (secondary N) is 2.